The van der Waals surface area contributed by atoms with E-state index in [1.807, 2.05) is 6.07 Å². The molecule has 1 atom stereocenters. The van der Waals surface area contributed by atoms with Gasteiger partial charge in [0.2, 0.25) is 0 Å². The molecule has 0 bridgehead atoms. The van der Waals surface area contributed by atoms with Crippen LogP contribution in [-0.2, 0) is 6.42 Å². The lowest BCUT2D eigenvalue weighted by Crippen LogP contribution is -2.29. The third-order valence-corrected chi connectivity index (χ3v) is 4.73. The van der Waals surface area contributed by atoms with Gasteiger partial charge < -0.3 is 0 Å². The molecule has 0 saturated heterocycles. The normalized spacial score (nSPS) is 12.7. The SMILES string of the molecule is Cc1cc(C(Cc2ccc(Cl)c(F)c2)NN)sc1C. The van der Waals surface area contributed by atoms with Gasteiger partial charge in [-0.3, -0.25) is 11.3 Å². The van der Waals surface area contributed by atoms with E-state index in [4.69, 9.17) is 17.4 Å². The van der Waals surface area contributed by atoms with Crippen LogP contribution < -0.4 is 11.3 Å². The van der Waals surface area contributed by atoms with E-state index in [9.17, 15) is 4.39 Å². The maximum absolute atomic E-state index is 13.4. The van der Waals surface area contributed by atoms with Crippen LogP contribution in [0.2, 0.25) is 5.02 Å². The van der Waals surface area contributed by atoms with Gasteiger partial charge in [0, 0.05) is 9.75 Å². The molecular formula is C14H16ClFN2S. The molecule has 5 heteroatoms. The van der Waals surface area contributed by atoms with Gasteiger partial charge in [0.1, 0.15) is 5.82 Å². The zero-order chi connectivity index (χ0) is 14.0. The Balaban J connectivity index is 2.21. The molecule has 0 fully saturated rings. The van der Waals surface area contributed by atoms with Crippen LogP contribution in [0.15, 0.2) is 24.3 Å². The maximum atomic E-state index is 13.4. The van der Waals surface area contributed by atoms with Gasteiger partial charge in [-0.2, -0.15) is 0 Å². The van der Waals surface area contributed by atoms with Crippen molar-refractivity contribution in [3.8, 4) is 0 Å². The summed E-state index contributed by atoms with van der Waals surface area (Å²) in [5.74, 6) is 5.22. The molecule has 0 aliphatic carbocycles. The lowest BCUT2D eigenvalue weighted by molar-refractivity contribution is 0.556. The molecular weight excluding hydrogens is 283 g/mol. The average molecular weight is 299 g/mol. The van der Waals surface area contributed by atoms with Crippen LogP contribution in [0, 0.1) is 19.7 Å². The van der Waals surface area contributed by atoms with Crippen LogP contribution in [-0.4, -0.2) is 0 Å². The quantitative estimate of drug-likeness (QED) is 0.663. The predicted octanol–water partition coefficient (Wildman–Crippen LogP) is 3.90. The van der Waals surface area contributed by atoms with Crippen molar-refractivity contribution in [1.29, 1.82) is 0 Å². The molecule has 1 unspecified atom stereocenters. The van der Waals surface area contributed by atoms with E-state index in [1.165, 1.54) is 16.5 Å². The molecule has 0 aliphatic rings. The summed E-state index contributed by atoms with van der Waals surface area (Å²) in [5.41, 5.74) is 4.92. The Kier molecular flexibility index (Phi) is 4.58. The summed E-state index contributed by atoms with van der Waals surface area (Å²) in [7, 11) is 0. The predicted molar refractivity (Wildman–Crippen MR) is 79.0 cm³/mol. The molecule has 1 aromatic heterocycles. The topological polar surface area (TPSA) is 38.0 Å². The molecule has 2 nitrogen and oxygen atoms in total. The smallest absolute Gasteiger partial charge is 0.142 e. The number of hydrogen-bond acceptors (Lipinski definition) is 3. The van der Waals surface area contributed by atoms with Crippen LogP contribution >= 0.6 is 22.9 Å². The Morgan fingerprint density at radius 1 is 1.37 bits per heavy atom. The summed E-state index contributed by atoms with van der Waals surface area (Å²) < 4.78 is 13.4. The average Bonchev–Trinajstić information content (AvgIpc) is 2.71. The fraction of sp³-hybridized carbons (Fsp3) is 0.286. The first-order valence-electron chi connectivity index (χ1n) is 5.98. The van der Waals surface area contributed by atoms with Crippen molar-refractivity contribution in [2.24, 2.45) is 5.84 Å². The fourth-order valence-electron chi connectivity index (χ4n) is 1.92. The van der Waals surface area contributed by atoms with E-state index in [2.05, 4.69) is 25.3 Å². The first-order chi connectivity index (χ1) is 9.01. The second-order valence-corrected chi connectivity index (χ2v) is 6.25. The number of rotatable bonds is 4. The van der Waals surface area contributed by atoms with E-state index >= 15 is 0 Å². The summed E-state index contributed by atoms with van der Waals surface area (Å²) in [4.78, 5) is 2.44. The van der Waals surface area contributed by atoms with Crippen molar-refractivity contribution >= 4 is 22.9 Å². The van der Waals surface area contributed by atoms with Crippen LogP contribution in [0.25, 0.3) is 0 Å². The van der Waals surface area contributed by atoms with Gasteiger partial charge in [-0.15, -0.1) is 11.3 Å². The summed E-state index contributed by atoms with van der Waals surface area (Å²) in [6.45, 7) is 4.16. The number of aryl methyl sites for hydroxylation is 2. The van der Waals surface area contributed by atoms with Crippen molar-refractivity contribution in [2.75, 3.05) is 0 Å². The van der Waals surface area contributed by atoms with Crippen molar-refractivity contribution in [1.82, 2.24) is 5.43 Å². The second-order valence-electron chi connectivity index (χ2n) is 4.56. The maximum Gasteiger partial charge on any atom is 0.142 e. The summed E-state index contributed by atoms with van der Waals surface area (Å²) >= 11 is 7.39. The van der Waals surface area contributed by atoms with Crippen molar-refractivity contribution in [2.45, 2.75) is 26.3 Å². The molecule has 0 amide bonds. The number of benzene rings is 1. The first kappa shape index (κ1) is 14.5. The lowest BCUT2D eigenvalue weighted by Gasteiger charge is -2.14. The zero-order valence-corrected chi connectivity index (χ0v) is 12.4. The third kappa shape index (κ3) is 3.34. The molecule has 0 aliphatic heterocycles. The first-order valence-corrected chi connectivity index (χ1v) is 7.17. The van der Waals surface area contributed by atoms with Crippen LogP contribution in [0.5, 0.6) is 0 Å². The third-order valence-electron chi connectivity index (χ3n) is 3.15. The Labute approximate surface area is 121 Å². The molecule has 0 saturated carbocycles. The minimum atomic E-state index is -0.395. The molecule has 0 radical (unpaired) electrons. The Morgan fingerprint density at radius 3 is 2.63 bits per heavy atom. The minimum absolute atomic E-state index is 0.0158. The number of hydrazine groups is 1. The van der Waals surface area contributed by atoms with E-state index < -0.39 is 5.82 Å². The largest absolute Gasteiger partial charge is 0.271 e. The highest BCUT2D eigenvalue weighted by atomic mass is 35.5. The monoisotopic (exact) mass is 298 g/mol. The van der Waals surface area contributed by atoms with Gasteiger partial charge in [-0.25, -0.2) is 4.39 Å². The highest BCUT2D eigenvalue weighted by molar-refractivity contribution is 7.12. The van der Waals surface area contributed by atoms with E-state index in [0.29, 0.717) is 6.42 Å². The summed E-state index contributed by atoms with van der Waals surface area (Å²) in [6.07, 6.45) is 0.629. The summed E-state index contributed by atoms with van der Waals surface area (Å²) in [5, 5.41) is 0.142. The summed E-state index contributed by atoms with van der Waals surface area (Å²) in [6, 6.07) is 6.96. The standard InChI is InChI=1S/C14H16ClFN2S/c1-8-5-14(19-9(8)2)13(18-17)7-10-3-4-11(15)12(16)6-10/h3-6,13,18H,7,17H2,1-2H3. The van der Waals surface area contributed by atoms with Crippen molar-refractivity contribution in [3.05, 3.63) is 56.0 Å². The molecule has 2 aromatic rings. The molecule has 1 aromatic carbocycles. The minimum Gasteiger partial charge on any atom is -0.271 e. The number of hydrogen-bond donors (Lipinski definition) is 2. The lowest BCUT2D eigenvalue weighted by atomic mass is 10.0. The molecule has 1 heterocycles. The van der Waals surface area contributed by atoms with Gasteiger partial charge in [-0.05, 0) is 49.6 Å². The van der Waals surface area contributed by atoms with Crippen LogP contribution in [0.1, 0.15) is 26.9 Å². The Hall–Kier alpha value is -0.940. The number of thiophene rings is 1. The van der Waals surface area contributed by atoms with Crippen molar-refractivity contribution < 1.29 is 4.39 Å². The molecule has 19 heavy (non-hydrogen) atoms. The highest BCUT2D eigenvalue weighted by Gasteiger charge is 2.15. The Bertz CT molecular complexity index is 563. The zero-order valence-electron chi connectivity index (χ0n) is 10.8. The van der Waals surface area contributed by atoms with E-state index in [-0.39, 0.29) is 11.1 Å². The molecule has 2 rings (SSSR count). The second kappa shape index (κ2) is 6.01. The van der Waals surface area contributed by atoms with Gasteiger partial charge in [0.05, 0.1) is 11.1 Å². The molecule has 102 valence electrons. The number of nitrogens with two attached hydrogens (primary N) is 1. The number of halogens is 2. The van der Waals surface area contributed by atoms with Gasteiger partial charge in [0.25, 0.3) is 0 Å². The van der Waals surface area contributed by atoms with Crippen LogP contribution in [0.4, 0.5) is 4.39 Å². The number of nitrogens with one attached hydrogen (secondary N) is 1. The van der Waals surface area contributed by atoms with E-state index in [1.54, 1.807) is 17.4 Å². The highest BCUT2D eigenvalue weighted by Crippen LogP contribution is 2.28. The van der Waals surface area contributed by atoms with Gasteiger partial charge in [0.15, 0.2) is 0 Å². The molecule has 3 N–H and O–H groups in total. The van der Waals surface area contributed by atoms with Gasteiger partial charge >= 0.3 is 0 Å². The van der Waals surface area contributed by atoms with Gasteiger partial charge in [-0.1, -0.05) is 17.7 Å². The fourth-order valence-corrected chi connectivity index (χ4v) is 3.14. The van der Waals surface area contributed by atoms with Crippen LogP contribution in [0.3, 0.4) is 0 Å². The Morgan fingerprint density at radius 2 is 2.11 bits per heavy atom. The molecule has 0 spiro atoms. The van der Waals surface area contributed by atoms with E-state index in [0.717, 1.165) is 10.4 Å². The van der Waals surface area contributed by atoms with Crippen molar-refractivity contribution in [3.63, 3.8) is 0 Å².